The number of thioether (sulfide) groups is 1. The molecule has 2 amide bonds. The predicted molar refractivity (Wildman–Crippen MR) is 125 cm³/mol. The molecule has 0 unspecified atom stereocenters. The number of thiophene rings is 1. The smallest absolute Gasteiger partial charge is 0.305 e. The number of nitrogens with one attached hydrogen (secondary N) is 2. The number of amides is 2. The molecule has 0 bridgehead atoms. The lowest BCUT2D eigenvalue weighted by Gasteiger charge is -2.10. The van der Waals surface area contributed by atoms with Gasteiger partial charge in [0.2, 0.25) is 5.91 Å². The minimum atomic E-state index is -0.566. The molecule has 32 heavy (non-hydrogen) atoms. The molecule has 2 N–H and O–H groups in total. The van der Waals surface area contributed by atoms with Gasteiger partial charge in [0.25, 0.3) is 5.56 Å². The Hall–Kier alpha value is -3.63. The van der Waals surface area contributed by atoms with Crippen LogP contribution in [0.2, 0.25) is 0 Å². The predicted octanol–water partition coefficient (Wildman–Crippen LogP) is 3.46. The van der Waals surface area contributed by atoms with Crippen molar-refractivity contribution in [1.82, 2.24) is 20.4 Å². The molecule has 0 aliphatic rings. The number of carbonyl (C=O) groups is 2. The van der Waals surface area contributed by atoms with Crippen LogP contribution in [0.15, 0.2) is 81.8 Å². The summed E-state index contributed by atoms with van der Waals surface area (Å²) in [6.07, 6.45) is 2.97. The third-order valence-electron chi connectivity index (χ3n) is 4.38. The molecule has 0 spiro atoms. The molecule has 3 aromatic heterocycles. The molecule has 0 atom stereocenters. The van der Waals surface area contributed by atoms with E-state index in [4.69, 9.17) is 4.42 Å². The second-order valence-electron chi connectivity index (χ2n) is 6.56. The van der Waals surface area contributed by atoms with Gasteiger partial charge in [0.1, 0.15) is 4.83 Å². The number of hydrazine groups is 1. The topological polar surface area (TPSA) is 106 Å². The number of benzene rings is 1. The Kier molecular flexibility index (Phi) is 6.52. The van der Waals surface area contributed by atoms with E-state index in [0.717, 1.165) is 22.2 Å². The Labute approximate surface area is 190 Å². The first-order chi connectivity index (χ1) is 15.6. The minimum Gasteiger partial charge on any atom is -0.459 e. The van der Waals surface area contributed by atoms with Crippen molar-refractivity contribution < 1.29 is 14.0 Å². The number of aromatic nitrogens is 2. The maximum Gasteiger partial charge on any atom is 0.305 e. The van der Waals surface area contributed by atoms with Gasteiger partial charge in [-0.3, -0.25) is 29.8 Å². The van der Waals surface area contributed by atoms with Crippen molar-refractivity contribution in [1.29, 1.82) is 0 Å². The molecule has 0 aliphatic carbocycles. The fourth-order valence-electron chi connectivity index (χ4n) is 2.90. The Bertz CT molecular complexity index is 1330. The highest BCUT2D eigenvalue weighted by Crippen LogP contribution is 2.32. The Morgan fingerprint density at radius 3 is 2.72 bits per heavy atom. The van der Waals surface area contributed by atoms with Crippen LogP contribution in [0.4, 0.5) is 0 Å². The summed E-state index contributed by atoms with van der Waals surface area (Å²) < 4.78 is 6.44. The van der Waals surface area contributed by atoms with Crippen molar-refractivity contribution in [2.45, 2.75) is 11.7 Å². The molecule has 0 fully saturated rings. The molecule has 162 valence electrons. The summed E-state index contributed by atoms with van der Waals surface area (Å²) in [7, 11) is 0. The van der Waals surface area contributed by atoms with Crippen LogP contribution in [0.5, 0.6) is 0 Å². The van der Waals surface area contributed by atoms with E-state index in [1.165, 1.54) is 28.2 Å². The van der Waals surface area contributed by atoms with Crippen LogP contribution in [-0.2, 0) is 11.3 Å². The number of fused-ring (bicyclic) bond motifs is 1. The highest BCUT2D eigenvalue weighted by Gasteiger charge is 2.16. The van der Waals surface area contributed by atoms with Gasteiger partial charge in [-0.05, 0) is 23.8 Å². The first-order valence-electron chi connectivity index (χ1n) is 9.53. The van der Waals surface area contributed by atoms with Crippen molar-refractivity contribution in [3.05, 3.63) is 83.6 Å². The molecule has 0 radical (unpaired) electrons. The van der Waals surface area contributed by atoms with Crippen LogP contribution in [-0.4, -0.2) is 27.1 Å². The summed E-state index contributed by atoms with van der Waals surface area (Å²) in [4.78, 5) is 43.3. The molecule has 0 saturated heterocycles. The van der Waals surface area contributed by atoms with E-state index >= 15 is 0 Å². The summed E-state index contributed by atoms with van der Waals surface area (Å²) >= 11 is 2.52. The third-order valence-corrected chi connectivity index (χ3v) is 6.43. The lowest BCUT2D eigenvalue weighted by molar-refractivity contribution is -0.119. The fraction of sp³-hybridized carbons (Fsp3) is 0.0909. The SMILES string of the molecule is C=CCn1c(SCC(=O)NNC(=O)c2ccco2)nc2sc(-c3ccccc3)cc2c1=O. The van der Waals surface area contributed by atoms with E-state index in [1.807, 2.05) is 36.4 Å². The summed E-state index contributed by atoms with van der Waals surface area (Å²) in [5.74, 6) is -0.990. The van der Waals surface area contributed by atoms with E-state index in [9.17, 15) is 14.4 Å². The second-order valence-corrected chi connectivity index (χ2v) is 8.54. The van der Waals surface area contributed by atoms with Gasteiger partial charge in [-0.15, -0.1) is 17.9 Å². The van der Waals surface area contributed by atoms with Gasteiger partial charge in [0.15, 0.2) is 10.9 Å². The fourth-order valence-corrected chi connectivity index (χ4v) is 4.79. The van der Waals surface area contributed by atoms with Crippen LogP contribution in [0.3, 0.4) is 0 Å². The zero-order valence-electron chi connectivity index (χ0n) is 16.7. The zero-order valence-corrected chi connectivity index (χ0v) is 18.4. The molecule has 8 nitrogen and oxygen atoms in total. The van der Waals surface area contributed by atoms with E-state index < -0.39 is 11.8 Å². The van der Waals surface area contributed by atoms with Gasteiger partial charge in [-0.1, -0.05) is 48.2 Å². The van der Waals surface area contributed by atoms with Crippen LogP contribution >= 0.6 is 23.1 Å². The average molecular weight is 467 g/mol. The Balaban J connectivity index is 1.52. The van der Waals surface area contributed by atoms with Crippen molar-refractivity contribution in [2.24, 2.45) is 0 Å². The van der Waals surface area contributed by atoms with Gasteiger partial charge in [-0.2, -0.15) is 0 Å². The molecule has 1 aromatic carbocycles. The highest BCUT2D eigenvalue weighted by atomic mass is 32.2. The van der Waals surface area contributed by atoms with Gasteiger partial charge < -0.3 is 4.42 Å². The van der Waals surface area contributed by atoms with Crippen LogP contribution in [0.25, 0.3) is 20.7 Å². The van der Waals surface area contributed by atoms with E-state index in [-0.39, 0.29) is 23.6 Å². The maximum atomic E-state index is 13.1. The third kappa shape index (κ3) is 4.66. The van der Waals surface area contributed by atoms with Crippen molar-refractivity contribution in [2.75, 3.05) is 5.75 Å². The number of rotatable bonds is 7. The normalized spacial score (nSPS) is 10.8. The van der Waals surface area contributed by atoms with E-state index in [0.29, 0.717) is 15.4 Å². The van der Waals surface area contributed by atoms with Crippen LogP contribution in [0.1, 0.15) is 10.6 Å². The maximum absolute atomic E-state index is 13.1. The standard InChI is InChI=1S/C22H18N4O4S2/c1-2-10-26-21(29)15-12-17(14-7-4-3-5-8-14)32-20(15)23-22(26)31-13-18(27)24-25-19(28)16-9-6-11-30-16/h2-9,11-12H,1,10,13H2,(H,24,27)(H,25,28). The number of hydrogen-bond donors (Lipinski definition) is 2. The number of carbonyl (C=O) groups excluding carboxylic acids is 2. The van der Waals surface area contributed by atoms with Crippen molar-refractivity contribution in [3.8, 4) is 10.4 Å². The van der Waals surface area contributed by atoms with Crippen molar-refractivity contribution >= 4 is 45.1 Å². The summed E-state index contributed by atoms with van der Waals surface area (Å²) in [5, 5.41) is 0.923. The number of nitrogens with zero attached hydrogens (tertiary/aromatic N) is 2. The number of hydrogen-bond acceptors (Lipinski definition) is 7. The van der Waals surface area contributed by atoms with Gasteiger partial charge >= 0.3 is 5.91 Å². The van der Waals surface area contributed by atoms with Gasteiger partial charge in [0, 0.05) is 11.4 Å². The summed E-state index contributed by atoms with van der Waals surface area (Å²) in [5.41, 5.74) is 5.41. The molecule has 4 aromatic rings. The van der Waals surface area contributed by atoms with E-state index in [2.05, 4.69) is 22.4 Å². The van der Waals surface area contributed by atoms with Gasteiger partial charge in [0.05, 0.1) is 17.4 Å². The number of allylic oxidation sites excluding steroid dienone is 1. The largest absolute Gasteiger partial charge is 0.459 e. The van der Waals surface area contributed by atoms with Crippen LogP contribution in [0, 0.1) is 0 Å². The molecule has 4 rings (SSSR count). The first kappa shape index (κ1) is 21.6. The highest BCUT2D eigenvalue weighted by molar-refractivity contribution is 7.99. The first-order valence-corrected chi connectivity index (χ1v) is 11.3. The van der Waals surface area contributed by atoms with Gasteiger partial charge in [-0.25, -0.2) is 4.98 Å². The number of furan rings is 1. The van der Waals surface area contributed by atoms with Crippen molar-refractivity contribution in [3.63, 3.8) is 0 Å². The summed E-state index contributed by atoms with van der Waals surface area (Å²) in [6, 6.07) is 14.7. The Morgan fingerprint density at radius 2 is 2.00 bits per heavy atom. The molecule has 10 heteroatoms. The molecule has 0 saturated carbocycles. The van der Waals surface area contributed by atoms with Crippen LogP contribution < -0.4 is 16.4 Å². The molecular weight excluding hydrogens is 448 g/mol. The van der Waals surface area contributed by atoms with E-state index in [1.54, 1.807) is 12.1 Å². The molecular formula is C22H18N4O4S2. The minimum absolute atomic E-state index is 0.0511. The quantitative estimate of drug-likeness (QED) is 0.187. The molecule has 3 heterocycles. The second kappa shape index (κ2) is 9.67. The monoisotopic (exact) mass is 466 g/mol. The lowest BCUT2D eigenvalue weighted by atomic mass is 10.2. The average Bonchev–Trinajstić information content (AvgIpc) is 3.49. The summed E-state index contributed by atoms with van der Waals surface area (Å²) in [6.45, 7) is 3.97. The molecule has 0 aliphatic heterocycles. The zero-order chi connectivity index (χ0) is 22.5. The Morgan fingerprint density at radius 1 is 1.19 bits per heavy atom. The lowest BCUT2D eigenvalue weighted by Crippen LogP contribution is -2.42.